The summed E-state index contributed by atoms with van der Waals surface area (Å²) in [6.45, 7) is -0.134. The van der Waals surface area contributed by atoms with E-state index in [-0.39, 0.29) is 17.9 Å². The number of carbonyl (C=O) groups is 2. The molecule has 1 amide bonds. The van der Waals surface area contributed by atoms with Gasteiger partial charge in [-0.1, -0.05) is 0 Å². The zero-order valence-electron chi connectivity index (χ0n) is 9.14. The number of anilines is 1. The van der Waals surface area contributed by atoms with Gasteiger partial charge in [0.25, 0.3) is 5.91 Å². The number of ether oxygens (including phenoxy) is 1. The Bertz CT molecular complexity index is 406. The van der Waals surface area contributed by atoms with Gasteiger partial charge in [-0.3, -0.25) is 9.59 Å². The number of amides is 1. The van der Waals surface area contributed by atoms with Gasteiger partial charge in [-0.05, 0) is 12.1 Å². The fourth-order valence-electron chi connectivity index (χ4n) is 1.11. The Labute approximate surface area is 93.0 Å². The summed E-state index contributed by atoms with van der Waals surface area (Å²) in [4.78, 5) is 27.8. The van der Waals surface area contributed by atoms with E-state index in [4.69, 9.17) is 5.73 Å². The molecule has 0 saturated heterocycles. The molecule has 0 saturated carbocycles. The maximum absolute atomic E-state index is 11.8. The standard InChI is InChI=1S/C10H13N3O3/c1-13(6-8(14)16-2)10(15)9-7(11)4-3-5-12-9/h3-5H,6,11H2,1-2H3. The molecule has 0 aliphatic heterocycles. The summed E-state index contributed by atoms with van der Waals surface area (Å²) in [7, 11) is 2.74. The molecule has 0 spiro atoms. The van der Waals surface area contributed by atoms with E-state index in [0.29, 0.717) is 0 Å². The van der Waals surface area contributed by atoms with Crippen LogP contribution in [0.4, 0.5) is 5.69 Å². The highest BCUT2D eigenvalue weighted by Crippen LogP contribution is 2.09. The first-order valence-corrected chi connectivity index (χ1v) is 4.59. The number of nitrogens with two attached hydrogens (primary N) is 1. The predicted molar refractivity (Wildman–Crippen MR) is 57.6 cm³/mol. The summed E-state index contributed by atoms with van der Waals surface area (Å²) in [5.41, 5.74) is 6.01. The highest BCUT2D eigenvalue weighted by molar-refractivity contribution is 5.98. The smallest absolute Gasteiger partial charge is 0.325 e. The van der Waals surface area contributed by atoms with Crippen LogP contribution in [0.2, 0.25) is 0 Å². The molecule has 6 heteroatoms. The highest BCUT2D eigenvalue weighted by Gasteiger charge is 2.18. The predicted octanol–water partition coefficient (Wildman–Crippen LogP) is -0.0912. The number of aromatic nitrogens is 1. The third kappa shape index (κ3) is 2.69. The maximum atomic E-state index is 11.8. The van der Waals surface area contributed by atoms with Crippen LogP contribution < -0.4 is 5.73 Å². The van der Waals surface area contributed by atoms with E-state index < -0.39 is 11.9 Å². The van der Waals surface area contributed by atoms with Crippen LogP contribution in [-0.4, -0.2) is 42.5 Å². The largest absolute Gasteiger partial charge is 0.468 e. The Morgan fingerprint density at radius 1 is 1.56 bits per heavy atom. The molecule has 6 nitrogen and oxygen atoms in total. The van der Waals surface area contributed by atoms with Crippen LogP contribution in [0.25, 0.3) is 0 Å². The molecular weight excluding hydrogens is 210 g/mol. The minimum Gasteiger partial charge on any atom is -0.468 e. The first-order valence-electron chi connectivity index (χ1n) is 4.59. The number of esters is 1. The van der Waals surface area contributed by atoms with Crippen molar-refractivity contribution in [2.24, 2.45) is 0 Å². The second-order valence-corrected chi connectivity index (χ2v) is 3.18. The van der Waals surface area contributed by atoms with Gasteiger partial charge in [0.05, 0.1) is 12.8 Å². The van der Waals surface area contributed by atoms with Gasteiger partial charge in [0.2, 0.25) is 0 Å². The fraction of sp³-hybridized carbons (Fsp3) is 0.300. The lowest BCUT2D eigenvalue weighted by molar-refractivity contribution is -0.141. The fourth-order valence-corrected chi connectivity index (χ4v) is 1.11. The molecule has 1 heterocycles. The molecule has 1 aromatic rings. The van der Waals surface area contributed by atoms with Crippen molar-refractivity contribution < 1.29 is 14.3 Å². The number of methoxy groups -OCH3 is 1. The first kappa shape index (κ1) is 12.0. The van der Waals surface area contributed by atoms with Crippen LogP contribution in [-0.2, 0) is 9.53 Å². The lowest BCUT2D eigenvalue weighted by atomic mass is 10.2. The Kier molecular flexibility index (Phi) is 3.82. The second-order valence-electron chi connectivity index (χ2n) is 3.18. The summed E-state index contributed by atoms with van der Waals surface area (Å²) < 4.78 is 4.45. The second kappa shape index (κ2) is 5.11. The van der Waals surface area contributed by atoms with Gasteiger partial charge in [-0.15, -0.1) is 0 Å². The van der Waals surface area contributed by atoms with Gasteiger partial charge < -0.3 is 15.4 Å². The Morgan fingerprint density at radius 2 is 2.25 bits per heavy atom. The maximum Gasteiger partial charge on any atom is 0.325 e. The number of hydrogen-bond acceptors (Lipinski definition) is 5. The number of nitrogen functional groups attached to an aromatic ring is 1. The van der Waals surface area contributed by atoms with E-state index in [1.165, 1.54) is 25.3 Å². The normalized spacial score (nSPS) is 9.62. The summed E-state index contributed by atoms with van der Waals surface area (Å²) in [5.74, 6) is -0.908. The van der Waals surface area contributed by atoms with Gasteiger partial charge in [-0.25, -0.2) is 4.98 Å². The number of carbonyl (C=O) groups excluding carboxylic acids is 2. The van der Waals surface area contributed by atoms with Crippen LogP contribution in [0.1, 0.15) is 10.5 Å². The van der Waals surface area contributed by atoms with E-state index >= 15 is 0 Å². The molecule has 16 heavy (non-hydrogen) atoms. The lowest BCUT2D eigenvalue weighted by Crippen LogP contribution is -2.33. The monoisotopic (exact) mass is 223 g/mol. The van der Waals surface area contributed by atoms with Crippen LogP contribution in [0.15, 0.2) is 18.3 Å². The number of hydrogen-bond donors (Lipinski definition) is 1. The Balaban J connectivity index is 2.79. The van der Waals surface area contributed by atoms with Crippen LogP contribution in [0, 0.1) is 0 Å². The zero-order valence-corrected chi connectivity index (χ0v) is 9.14. The van der Waals surface area contributed by atoms with E-state index in [0.717, 1.165) is 0 Å². The van der Waals surface area contributed by atoms with Crippen molar-refractivity contribution in [3.8, 4) is 0 Å². The van der Waals surface area contributed by atoms with E-state index in [9.17, 15) is 9.59 Å². The molecule has 0 aliphatic rings. The molecule has 0 radical (unpaired) electrons. The SMILES string of the molecule is COC(=O)CN(C)C(=O)c1ncccc1N. The molecule has 0 fully saturated rings. The highest BCUT2D eigenvalue weighted by atomic mass is 16.5. The van der Waals surface area contributed by atoms with Crippen molar-refractivity contribution in [1.29, 1.82) is 0 Å². The molecule has 0 aliphatic carbocycles. The topological polar surface area (TPSA) is 85.5 Å². The Morgan fingerprint density at radius 3 is 2.81 bits per heavy atom. The van der Waals surface area contributed by atoms with E-state index in [2.05, 4.69) is 9.72 Å². The molecule has 1 aromatic heterocycles. The average Bonchev–Trinajstić information content (AvgIpc) is 2.28. The summed E-state index contributed by atoms with van der Waals surface area (Å²) >= 11 is 0. The van der Waals surface area contributed by atoms with Gasteiger partial charge in [-0.2, -0.15) is 0 Å². The van der Waals surface area contributed by atoms with Crippen molar-refractivity contribution in [2.45, 2.75) is 0 Å². The molecule has 0 bridgehead atoms. The van der Waals surface area contributed by atoms with Crippen molar-refractivity contribution >= 4 is 17.6 Å². The summed E-state index contributed by atoms with van der Waals surface area (Å²) in [6, 6.07) is 3.21. The number of rotatable bonds is 3. The van der Waals surface area contributed by atoms with Gasteiger partial charge in [0, 0.05) is 13.2 Å². The van der Waals surface area contributed by atoms with E-state index in [1.54, 1.807) is 12.1 Å². The van der Waals surface area contributed by atoms with Crippen molar-refractivity contribution in [1.82, 2.24) is 9.88 Å². The minimum absolute atomic E-state index is 0.133. The third-order valence-electron chi connectivity index (χ3n) is 1.98. The van der Waals surface area contributed by atoms with Crippen molar-refractivity contribution in [3.05, 3.63) is 24.0 Å². The summed E-state index contributed by atoms with van der Waals surface area (Å²) in [5, 5.41) is 0. The van der Waals surface area contributed by atoms with Crippen molar-refractivity contribution in [2.75, 3.05) is 26.4 Å². The van der Waals surface area contributed by atoms with Gasteiger partial charge in [0.15, 0.2) is 5.69 Å². The lowest BCUT2D eigenvalue weighted by Gasteiger charge is -2.15. The minimum atomic E-state index is -0.495. The zero-order chi connectivity index (χ0) is 12.1. The number of pyridine rings is 1. The Hall–Kier alpha value is -2.11. The average molecular weight is 223 g/mol. The molecular formula is C10H13N3O3. The number of likely N-dealkylation sites (N-methyl/N-ethyl adjacent to an activating group) is 1. The number of nitrogens with zero attached hydrogens (tertiary/aromatic N) is 2. The molecule has 1 rings (SSSR count). The third-order valence-corrected chi connectivity index (χ3v) is 1.98. The van der Waals surface area contributed by atoms with Crippen molar-refractivity contribution in [3.63, 3.8) is 0 Å². The molecule has 2 N–H and O–H groups in total. The quantitative estimate of drug-likeness (QED) is 0.724. The van der Waals surface area contributed by atoms with Crippen LogP contribution in [0.5, 0.6) is 0 Å². The molecule has 0 aromatic carbocycles. The molecule has 0 unspecified atom stereocenters. The van der Waals surface area contributed by atoms with E-state index in [1.807, 2.05) is 0 Å². The van der Waals surface area contributed by atoms with Gasteiger partial charge in [0.1, 0.15) is 6.54 Å². The summed E-state index contributed by atoms with van der Waals surface area (Å²) in [6.07, 6.45) is 1.47. The van der Waals surface area contributed by atoms with Gasteiger partial charge >= 0.3 is 5.97 Å². The van der Waals surface area contributed by atoms with Crippen LogP contribution in [0.3, 0.4) is 0 Å². The van der Waals surface area contributed by atoms with Crippen LogP contribution >= 0.6 is 0 Å². The first-order chi connectivity index (χ1) is 7.56. The molecule has 86 valence electrons. The molecule has 0 atom stereocenters.